The third-order valence-corrected chi connectivity index (χ3v) is 2.65. The van der Waals surface area contributed by atoms with Gasteiger partial charge in [0.1, 0.15) is 0 Å². The molecule has 2 nitrogen and oxygen atoms in total. The van der Waals surface area contributed by atoms with Gasteiger partial charge in [0, 0.05) is 20.1 Å². The van der Waals surface area contributed by atoms with E-state index in [0.717, 1.165) is 24.1 Å². The maximum absolute atomic E-state index is 5.26. The summed E-state index contributed by atoms with van der Waals surface area (Å²) in [6.07, 6.45) is 3.61. The highest BCUT2D eigenvalue weighted by Crippen LogP contribution is 2.00. The van der Waals surface area contributed by atoms with Crippen LogP contribution in [0.25, 0.3) is 0 Å². The van der Waals surface area contributed by atoms with Gasteiger partial charge >= 0.3 is 0 Å². The van der Waals surface area contributed by atoms with Gasteiger partial charge in [-0.05, 0) is 31.0 Å². The van der Waals surface area contributed by atoms with E-state index >= 15 is 0 Å². The molecule has 84 valence electrons. The SMILES string of the molecule is CCCCNC(=S)N(C)CCC(C)C. The fourth-order valence-corrected chi connectivity index (χ4v) is 1.25. The van der Waals surface area contributed by atoms with Crippen LogP contribution in [0.15, 0.2) is 0 Å². The highest BCUT2D eigenvalue weighted by Gasteiger charge is 2.03. The Morgan fingerprint density at radius 1 is 1.43 bits per heavy atom. The summed E-state index contributed by atoms with van der Waals surface area (Å²) >= 11 is 5.26. The monoisotopic (exact) mass is 216 g/mol. The molecule has 0 aromatic carbocycles. The molecule has 0 spiro atoms. The Kier molecular flexibility index (Phi) is 7.86. The Labute approximate surface area is 94.1 Å². The lowest BCUT2D eigenvalue weighted by Gasteiger charge is -2.21. The Morgan fingerprint density at radius 2 is 2.07 bits per heavy atom. The molecule has 0 bridgehead atoms. The van der Waals surface area contributed by atoms with Crippen LogP contribution in [0.4, 0.5) is 0 Å². The second-order valence-electron chi connectivity index (χ2n) is 4.19. The predicted octanol–water partition coefficient (Wildman–Crippen LogP) is 2.64. The predicted molar refractivity (Wildman–Crippen MR) is 67.6 cm³/mol. The van der Waals surface area contributed by atoms with Crippen LogP contribution in [0.2, 0.25) is 0 Å². The molecule has 0 heterocycles. The van der Waals surface area contributed by atoms with Crippen molar-refractivity contribution in [2.24, 2.45) is 5.92 Å². The van der Waals surface area contributed by atoms with Crippen LogP contribution in [-0.2, 0) is 0 Å². The van der Waals surface area contributed by atoms with Crippen LogP contribution in [0.1, 0.15) is 40.0 Å². The molecule has 0 aromatic rings. The molecule has 1 N–H and O–H groups in total. The molecule has 3 heteroatoms. The summed E-state index contributed by atoms with van der Waals surface area (Å²) in [4.78, 5) is 2.13. The fraction of sp³-hybridized carbons (Fsp3) is 0.909. The minimum absolute atomic E-state index is 0.746. The summed E-state index contributed by atoms with van der Waals surface area (Å²) in [5.74, 6) is 0.746. The van der Waals surface area contributed by atoms with Crippen molar-refractivity contribution in [2.75, 3.05) is 20.1 Å². The number of hydrogen-bond acceptors (Lipinski definition) is 1. The van der Waals surface area contributed by atoms with Gasteiger partial charge in [-0.3, -0.25) is 0 Å². The standard InChI is InChI=1S/C11H24N2S/c1-5-6-8-12-11(14)13(4)9-7-10(2)3/h10H,5-9H2,1-4H3,(H,12,14). The topological polar surface area (TPSA) is 15.3 Å². The van der Waals surface area contributed by atoms with Crippen molar-refractivity contribution in [3.05, 3.63) is 0 Å². The van der Waals surface area contributed by atoms with E-state index in [9.17, 15) is 0 Å². The molecule has 0 aliphatic heterocycles. The molecular formula is C11H24N2S. The maximum Gasteiger partial charge on any atom is 0.168 e. The highest BCUT2D eigenvalue weighted by molar-refractivity contribution is 7.80. The molecule has 0 aliphatic rings. The van der Waals surface area contributed by atoms with Crippen molar-refractivity contribution in [1.29, 1.82) is 0 Å². The highest BCUT2D eigenvalue weighted by atomic mass is 32.1. The van der Waals surface area contributed by atoms with E-state index in [0.29, 0.717) is 0 Å². The minimum atomic E-state index is 0.746. The van der Waals surface area contributed by atoms with E-state index in [1.54, 1.807) is 0 Å². The van der Waals surface area contributed by atoms with Gasteiger partial charge in [0.05, 0.1) is 0 Å². The molecule has 0 aromatic heterocycles. The first kappa shape index (κ1) is 13.7. The zero-order valence-electron chi connectivity index (χ0n) is 9.97. The van der Waals surface area contributed by atoms with Crippen LogP contribution >= 0.6 is 12.2 Å². The lowest BCUT2D eigenvalue weighted by Crippen LogP contribution is -2.38. The average molecular weight is 216 g/mol. The van der Waals surface area contributed by atoms with E-state index in [1.165, 1.54) is 19.3 Å². The molecule has 0 saturated heterocycles. The zero-order chi connectivity index (χ0) is 11.0. The van der Waals surface area contributed by atoms with Gasteiger partial charge in [-0.25, -0.2) is 0 Å². The molecular weight excluding hydrogens is 192 g/mol. The van der Waals surface area contributed by atoms with Crippen molar-refractivity contribution >= 4 is 17.3 Å². The molecule has 0 rings (SSSR count). The van der Waals surface area contributed by atoms with Crippen molar-refractivity contribution in [2.45, 2.75) is 40.0 Å². The first-order chi connectivity index (χ1) is 6.57. The third-order valence-electron chi connectivity index (χ3n) is 2.20. The maximum atomic E-state index is 5.26. The first-order valence-electron chi connectivity index (χ1n) is 5.56. The second-order valence-corrected chi connectivity index (χ2v) is 4.58. The molecule has 0 unspecified atom stereocenters. The van der Waals surface area contributed by atoms with Gasteiger partial charge in [-0.15, -0.1) is 0 Å². The Balaban J connectivity index is 3.54. The van der Waals surface area contributed by atoms with Gasteiger partial charge in [0.25, 0.3) is 0 Å². The van der Waals surface area contributed by atoms with E-state index in [-0.39, 0.29) is 0 Å². The van der Waals surface area contributed by atoms with Gasteiger partial charge in [-0.2, -0.15) is 0 Å². The van der Waals surface area contributed by atoms with Gasteiger partial charge in [-0.1, -0.05) is 27.2 Å². The Bertz CT molecular complexity index is 157. The summed E-state index contributed by atoms with van der Waals surface area (Å²) in [5.41, 5.74) is 0. The number of nitrogens with one attached hydrogen (secondary N) is 1. The number of nitrogens with zero attached hydrogens (tertiary/aromatic N) is 1. The van der Waals surface area contributed by atoms with E-state index in [1.807, 2.05) is 0 Å². The lowest BCUT2D eigenvalue weighted by atomic mass is 10.1. The number of hydrogen-bond donors (Lipinski definition) is 1. The molecule has 0 atom stereocenters. The van der Waals surface area contributed by atoms with Crippen molar-refractivity contribution < 1.29 is 0 Å². The summed E-state index contributed by atoms with van der Waals surface area (Å²) in [7, 11) is 2.06. The third kappa shape index (κ3) is 7.13. The van der Waals surface area contributed by atoms with E-state index in [4.69, 9.17) is 12.2 Å². The van der Waals surface area contributed by atoms with Crippen LogP contribution in [-0.4, -0.2) is 30.1 Å². The van der Waals surface area contributed by atoms with E-state index < -0.39 is 0 Å². The van der Waals surface area contributed by atoms with Crippen LogP contribution in [0.3, 0.4) is 0 Å². The van der Waals surface area contributed by atoms with Crippen molar-refractivity contribution in [1.82, 2.24) is 10.2 Å². The van der Waals surface area contributed by atoms with Crippen molar-refractivity contribution in [3.8, 4) is 0 Å². The van der Waals surface area contributed by atoms with Crippen LogP contribution < -0.4 is 5.32 Å². The zero-order valence-corrected chi connectivity index (χ0v) is 10.8. The van der Waals surface area contributed by atoms with Crippen LogP contribution in [0.5, 0.6) is 0 Å². The van der Waals surface area contributed by atoms with Gasteiger partial charge < -0.3 is 10.2 Å². The first-order valence-corrected chi connectivity index (χ1v) is 5.97. The second kappa shape index (κ2) is 8.04. The van der Waals surface area contributed by atoms with E-state index in [2.05, 4.69) is 38.0 Å². The summed E-state index contributed by atoms with van der Waals surface area (Å²) in [5, 5.41) is 4.15. The van der Waals surface area contributed by atoms with Crippen LogP contribution in [0, 0.1) is 5.92 Å². The quantitative estimate of drug-likeness (QED) is 0.543. The van der Waals surface area contributed by atoms with Gasteiger partial charge in [0.15, 0.2) is 5.11 Å². The average Bonchev–Trinajstić information content (AvgIpc) is 2.14. The fourth-order valence-electron chi connectivity index (χ4n) is 1.06. The molecule has 0 amide bonds. The molecule has 14 heavy (non-hydrogen) atoms. The largest absolute Gasteiger partial charge is 0.363 e. The summed E-state index contributed by atoms with van der Waals surface area (Å²) in [6, 6.07) is 0. The normalized spacial score (nSPS) is 10.4. The Morgan fingerprint density at radius 3 is 2.57 bits per heavy atom. The lowest BCUT2D eigenvalue weighted by molar-refractivity contribution is 0.431. The number of thiocarbonyl (C=S) groups is 1. The summed E-state index contributed by atoms with van der Waals surface area (Å²) < 4.78 is 0. The Hall–Kier alpha value is -0.310. The number of unbranched alkanes of at least 4 members (excludes halogenated alkanes) is 1. The number of rotatable bonds is 6. The minimum Gasteiger partial charge on any atom is -0.363 e. The molecule has 0 saturated carbocycles. The smallest absolute Gasteiger partial charge is 0.168 e. The van der Waals surface area contributed by atoms with Gasteiger partial charge in [0.2, 0.25) is 0 Å². The molecule has 0 radical (unpaired) electrons. The molecule has 0 aliphatic carbocycles. The molecule has 0 fully saturated rings. The summed E-state index contributed by atoms with van der Waals surface area (Å²) in [6.45, 7) is 8.72. The van der Waals surface area contributed by atoms with Crippen molar-refractivity contribution in [3.63, 3.8) is 0 Å².